The minimum atomic E-state index is 0.435. The predicted octanol–water partition coefficient (Wildman–Crippen LogP) is 1.07. The first-order valence-corrected chi connectivity index (χ1v) is 5.59. The van der Waals surface area contributed by atoms with Crippen molar-refractivity contribution in [3.8, 4) is 11.6 Å². The molecule has 0 spiro atoms. The lowest BCUT2D eigenvalue weighted by atomic mass is 10.3. The molecule has 0 saturated heterocycles. The molecular formula is C11H15N5O. The molecule has 2 aromatic rings. The molecule has 17 heavy (non-hydrogen) atoms. The third-order valence-electron chi connectivity index (χ3n) is 2.13. The van der Waals surface area contributed by atoms with Gasteiger partial charge in [0.2, 0.25) is 17.5 Å². The van der Waals surface area contributed by atoms with Gasteiger partial charge in [-0.1, -0.05) is 19.0 Å². The monoisotopic (exact) mass is 233 g/mol. The fourth-order valence-electron chi connectivity index (χ4n) is 1.33. The van der Waals surface area contributed by atoms with E-state index in [1.165, 1.54) is 0 Å². The van der Waals surface area contributed by atoms with Crippen molar-refractivity contribution in [2.75, 3.05) is 6.54 Å². The number of nitrogens with one attached hydrogen (secondary N) is 1. The average Bonchev–Trinajstić information content (AvgIpc) is 2.78. The summed E-state index contributed by atoms with van der Waals surface area (Å²) in [5, 5.41) is 7.13. The van der Waals surface area contributed by atoms with E-state index in [9.17, 15) is 0 Å². The Hall–Kier alpha value is -1.82. The first-order valence-electron chi connectivity index (χ1n) is 5.59. The molecule has 0 aliphatic rings. The first kappa shape index (κ1) is 11.7. The van der Waals surface area contributed by atoms with E-state index in [-0.39, 0.29) is 0 Å². The van der Waals surface area contributed by atoms with E-state index in [1.807, 2.05) is 0 Å². The number of hydrogen-bond acceptors (Lipinski definition) is 6. The molecule has 0 fully saturated rings. The van der Waals surface area contributed by atoms with Gasteiger partial charge in [0.15, 0.2) is 0 Å². The molecule has 0 aliphatic carbocycles. The van der Waals surface area contributed by atoms with Gasteiger partial charge in [0.05, 0.1) is 0 Å². The summed E-state index contributed by atoms with van der Waals surface area (Å²) in [4.78, 5) is 12.4. The highest BCUT2D eigenvalue weighted by Crippen LogP contribution is 2.08. The minimum absolute atomic E-state index is 0.435. The Bertz CT molecular complexity index is 454. The van der Waals surface area contributed by atoms with Crippen LogP contribution in [0.1, 0.15) is 19.7 Å². The molecule has 6 heteroatoms. The second-order valence-corrected chi connectivity index (χ2v) is 3.94. The van der Waals surface area contributed by atoms with Crippen molar-refractivity contribution in [1.82, 2.24) is 25.4 Å². The third kappa shape index (κ3) is 3.32. The molecule has 0 bridgehead atoms. The second-order valence-electron chi connectivity index (χ2n) is 3.94. The van der Waals surface area contributed by atoms with Crippen LogP contribution in [0.3, 0.4) is 0 Å². The standard InChI is InChI=1S/C11H15N5O/c1-8(2)12-7-4-9-15-11(16-17-9)10-13-5-3-6-14-10/h3,5-6,8,12H,4,7H2,1-2H3. The van der Waals surface area contributed by atoms with Crippen LogP contribution < -0.4 is 5.32 Å². The van der Waals surface area contributed by atoms with E-state index in [1.54, 1.807) is 18.5 Å². The molecule has 0 radical (unpaired) electrons. The molecular weight excluding hydrogens is 218 g/mol. The van der Waals surface area contributed by atoms with Crippen LogP contribution in [0, 0.1) is 0 Å². The SMILES string of the molecule is CC(C)NCCc1nc(-c2ncccn2)no1. The fraction of sp³-hybridized carbons (Fsp3) is 0.455. The molecule has 90 valence electrons. The van der Waals surface area contributed by atoms with Crippen molar-refractivity contribution in [3.05, 3.63) is 24.4 Å². The maximum atomic E-state index is 5.12. The highest BCUT2D eigenvalue weighted by atomic mass is 16.5. The topological polar surface area (TPSA) is 76.7 Å². The second kappa shape index (κ2) is 5.49. The highest BCUT2D eigenvalue weighted by Gasteiger charge is 2.10. The Morgan fingerprint density at radius 3 is 2.71 bits per heavy atom. The molecule has 0 aliphatic heterocycles. The van der Waals surface area contributed by atoms with Gasteiger partial charge in [0, 0.05) is 31.4 Å². The van der Waals surface area contributed by atoms with E-state index in [4.69, 9.17) is 4.52 Å². The lowest BCUT2D eigenvalue weighted by Crippen LogP contribution is -2.25. The first-order chi connectivity index (χ1) is 8.25. The minimum Gasteiger partial charge on any atom is -0.339 e. The number of aromatic nitrogens is 4. The molecule has 2 heterocycles. The Morgan fingerprint density at radius 1 is 1.24 bits per heavy atom. The molecule has 1 N–H and O–H groups in total. The van der Waals surface area contributed by atoms with Crippen molar-refractivity contribution in [2.45, 2.75) is 26.3 Å². The van der Waals surface area contributed by atoms with E-state index in [0.717, 1.165) is 6.54 Å². The summed E-state index contributed by atoms with van der Waals surface area (Å²) >= 11 is 0. The molecule has 0 unspecified atom stereocenters. The van der Waals surface area contributed by atoms with Crippen LogP contribution in [0.5, 0.6) is 0 Å². The van der Waals surface area contributed by atoms with Crippen LogP contribution in [0.15, 0.2) is 23.0 Å². The third-order valence-corrected chi connectivity index (χ3v) is 2.13. The molecule has 0 atom stereocenters. The predicted molar refractivity (Wildman–Crippen MR) is 62.2 cm³/mol. The smallest absolute Gasteiger partial charge is 0.240 e. The van der Waals surface area contributed by atoms with Gasteiger partial charge in [0.25, 0.3) is 0 Å². The Balaban J connectivity index is 1.97. The van der Waals surface area contributed by atoms with Gasteiger partial charge >= 0.3 is 0 Å². The van der Waals surface area contributed by atoms with Crippen LogP contribution in [0.25, 0.3) is 11.6 Å². The number of hydrogen-bond donors (Lipinski definition) is 1. The summed E-state index contributed by atoms with van der Waals surface area (Å²) in [5.41, 5.74) is 0. The molecule has 0 amide bonds. The zero-order chi connectivity index (χ0) is 12.1. The highest BCUT2D eigenvalue weighted by molar-refractivity contribution is 5.40. The van der Waals surface area contributed by atoms with Gasteiger partial charge in [-0.2, -0.15) is 4.98 Å². The summed E-state index contributed by atoms with van der Waals surface area (Å²) in [5.74, 6) is 1.52. The summed E-state index contributed by atoms with van der Waals surface area (Å²) < 4.78 is 5.12. The summed E-state index contributed by atoms with van der Waals surface area (Å²) in [7, 11) is 0. The van der Waals surface area contributed by atoms with Crippen LogP contribution in [-0.4, -0.2) is 32.7 Å². The van der Waals surface area contributed by atoms with Gasteiger partial charge in [-0.3, -0.25) is 0 Å². The lowest BCUT2D eigenvalue weighted by Gasteiger charge is -2.04. The number of rotatable bonds is 5. The lowest BCUT2D eigenvalue weighted by molar-refractivity contribution is 0.374. The van der Waals surface area contributed by atoms with Crippen molar-refractivity contribution in [3.63, 3.8) is 0 Å². The Morgan fingerprint density at radius 2 is 2.00 bits per heavy atom. The van der Waals surface area contributed by atoms with Crippen molar-refractivity contribution < 1.29 is 4.52 Å². The van der Waals surface area contributed by atoms with E-state index >= 15 is 0 Å². The maximum absolute atomic E-state index is 5.12. The van der Waals surface area contributed by atoms with E-state index in [0.29, 0.717) is 30.0 Å². The van der Waals surface area contributed by atoms with E-state index in [2.05, 4.69) is 39.3 Å². The molecule has 2 aromatic heterocycles. The van der Waals surface area contributed by atoms with Crippen molar-refractivity contribution >= 4 is 0 Å². The fourth-order valence-corrected chi connectivity index (χ4v) is 1.33. The van der Waals surface area contributed by atoms with Crippen LogP contribution in [0.2, 0.25) is 0 Å². The summed E-state index contributed by atoms with van der Waals surface area (Å²) in [6.45, 7) is 5.00. The quantitative estimate of drug-likeness (QED) is 0.832. The summed E-state index contributed by atoms with van der Waals surface area (Å²) in [6.07, 6.45) is 4.01. The zero-order valence-corrected chi connectivity index (χ0v) is 9.92. The summed E-state index contributed by atoms with van der Waals surface area (Å²) in [6, 6.07) is 2.20. The molecule has 2 rings (SSSR count). The van der Waals surface area contributed by atoms with Crippen molar-refractivity contribution in [1.29, 1.82) is 0 Å². The Labute approximate surface area is 99.5 Å². The van der Waals surface area contributed by atoms with Crippen LogP contribution in [0.4, 0.5) is 0 Å². The normalized spacial score (nSPS) is 11.0. The number of nitrogens with zero attached hydrogens (tertiary/aromatic N) is 4. The molecule has 0 aromatic carbocycles. The van der Waals surface area contributed by atoms with E-state index < -0.39 is 0 Å². The van der Waals surface area contributed by atoms with Crippen molar-refractivity contribution in [2.24, 2.45) is 0 Å². The van der Waals surface area contributed by atoms with Gasteiger partial charge in [-0.25, -0.2) is 9.97 Å². The average molecular weight is 233 g/mol. The van der Waals surface area contributed by atoms with Gasteiger partial charge in [-0.05, 0) is 6.07 Å². The largest absolute Gasteiger partial charge is 0.339 e. The molecule has 0 saturated carbocycles. The van der Waals surface area contributed by atoms with Gasteiger partial charge in [-0.15, -0.1) is 0 Å². The van der Waals surface area contributed by atoms with Gasteiger partial charge < -0.3 is 9.84 Å². The molecule has 6 nitrogen and oxygen atoms in total. The van der Waals surface area contributed by atoms with Crippen LogP contribution in [-0.2, 0) is 6.42 Å². The Kier molecular flexibility index (Phi) is 3.77. The van der Waals surface area contributed by atoms with Gasteiger partial charge in [0.1, 0.15) is 0 Å². The maximum Gasteiger partial charge on any atom is 0.240 e. The van der Waals surface area contributed by atoms with Crippen LogP contribution >= 0.6 is 0 Å². The zero-order valence-electron chi connectivity index (χ0n) is 9.92.